The number of nitrogens with zero attached hydrogens (tertiary/aromatic N) is 3. The summed E-state index contributed by atoms with van der Waals surface area (Å²) in [7, 11) is 0. The number of hydrogen-bond donors (Lipinski definition) is 1. The van der Waals surface area contributed by atoms with Crippen LogP contribution in [0.25, 0.3) is 11.2 Å². The van der Waals surface area contributed by atoms with Gasteiger partial charge in [0.2, 0.25) is 5.95 Å². The predicted octanol–water partition coefficient (Wildman–Crippen LogP) is 3.34. The highest BCUT2D eigenvalue weighted by molar-refractivity contribution is 6.29. The fourth-order valence-electron chi connectivity index (χ4n) is 2.25. The molecule has 23 heavy (non-hydrogen) atoms. The Hall–Kier alpha value is -1.92. The minimum atomic E-state index is -0.372. The number of carbonyl (C=O) groups is 1. The molecule has 2 aromatic rings. The molecule has 0 fully saturated rings. The zero-order valence-corrected chi connectivity index (χ0v) is 14.1. The maximum absolute atomic E-state index is 12.1. The first-order chi connectivity index (χ1) is 10.8. The number of imidazole rings is 1. The third-order valence-electron chi connectivity index (χ3n) is 3.46. The van der Waals surface area contributed by atoms with Gasteiger partial charge in [-0.3, -0.25) is 14.7 Å². The van der Waals surface area contributed by atoms with E-state index < -0.39 is 0 Å². The number of hydrogen-bond acceptors (Lipinski definition) is 4. The Bertz CT molecular complexity index is 776. The summed E-state index contributed by atoms with van der Waals surface area (Å²) in [5, 5.41) is 3.21. The maximum Gasteiger partial charge on any atom is 0.252 e. The molecule has 1 amide bonds. The Morgan fingerprint density at radius 2 is 2.17 bits per heavy atom. The first kappa shape index (κ1) is 16.0. The van der Waals surface area contributed by atoms with Gasteiger partial charge in [0.25, 0.3) is 5.91 Å². The van der Waals surface area contributed by atoms with Crippen LogP contribution in [-0.2, 0) is 9.53 Å². The number of halogens is 1. The highest BCUT2D eigenvalue weighted by Crippen LogP contribution is 2.31. The monoisotopic (exact) mass is 334 g/mol. The maximum atomic E-state index is 12.1. The van der Waals surface area contributed by atoms with Gasteiger partial charge in [-0.2, -0.15) is 0 Å². The average molecular weight is 335 g/mol. The summed E-state index contributed by atoms with van der Waals surface area (Å²) < 4.78 is 7.40. The van der Waals surface area contributed by atoms with Crippen molar-refractivity contribution in [2.45, 2.75) is 38.8 Å². The fourth-order valence-corrected chi connectivity index (χ4v) is 2.39. The summed E-state index contributed by atoms with van der Waals surface area (Å²) in [5.41, 5.74) is 0.990. The largest absolute Gasteiger partial charge is 0.366 e. The van der Waals surface area contributed by atoms with E-state index in [-0.39, 0.29) is 24.2 Å². The molecule has 2 heterocycles. The van der Waals surface area contributed by atoms with E-state index in [9.17, 15) is 4.79 Å². The number of aromatic nitrogens is 3. The summed E-state index contributed by atoms with van der Waals surface area (Å²) in [5.74, 6) is 0.220. The molecule has 0 aromatic carbocycles. The second kappa shape index (κ2) is 5.94. The Kier molecular flexibility index (Phi) is 4.12. The van der Waals surface area contributed by atoms with Crippen LogP contribution in [0.4, 0.5) is 5.95 Å². The van der Waals surface area contributed by atoms with Gasteiger partial charge in [0.15, 0.2) is 5.65 Å². The highest BCUT2D eigenvalue weighted by Gasteiger charge is 2.23. The number of nitrogens with one attached hydrogen (secondary N) is 1. The van der Waals surface area contributed by atoms with Crippen LogP contribution >= 0.6 is 11.6 Å². The molecule has 0 spiro atoms. The van der Waals surface area contributed by atoms with Crippen molar-refractivity contribution in [2.75, 3.05) is 11.9 Å². The molecule has 6 nitrogen and oxygen atoms in total. The molecule has 1 unspecified atom stereocenters. The number of ether oxygens (including phenoxy) is 1. The van der Waals surface area contributed by atoms with Gasteiger partial charge in [-0.15, -0.1) is 0 Å². The number of anilines is 1. The minimum absolute atomic E-state index is 0.0264. The predicted molar refractivity (Wildman–Crippen MR) is 89.7 cm³/mol. The van der Waals surface area contributed by atoms with Gasteiger partial charge in [-0.25, -0.2) is 9.97 Å². The van der Waals surface area contributed by atoms with E-state index in [0.717, 1.165) is 6.42 Å². The lowest BCUT2D eigenvalue weighted by Gasteiger charge is -2.22. The van der Waals surface area contributed by atoms with Crippen LogP contribution in [0, 0.1) is 0 Å². The van der Waals surface area contributed by atoms with Gasteiger partial charge in [0, 0.05) is 0 Å². The molecular formula is C16H19ClN4O2. The van der Waals surface area contributed by atoms with E-state index in [1.54, 1.807) is 12.1 Å². The lowest BCUT2D eigenvalue weighted by Crippen LogP contribution is -2.28. The third kappa shape index (κ3) is 3.54. The summed E-state index contributed by atoms with van der Waals surface area (Å²) in [6, 6.07) is 3.61. The number of fused-ring (bicyclic) bond motifs is 1. The van der Waals surface area contributed by atoms with Crippen molar-refractivity contribution in [3.63, 3.8) is 0 Å². The number of rotatable bonds is 4. The molecule has 2 aromatic heterocycles. The van der Waals surface area contributed by atoms with Crippen molar-refractivity contribution < 1.29 is 9.53 Å². The summed E-state index contributed by atoms with van der Waals surface area (Å²) >= 11 is 5.99. The molecule has 122 valence electrons. The van der Waals surface area contributed by atoms with Crippen molar-refractivity contribution in [1.82, 2.24) is 14.5 Å². The summed E-state index contributed by atoms with van der Waals surface area (Å²) in [6.45, 7) is 5.68. The van der Waals surface area contributed by atoms with Crippen molar-refractivity contribution >= 4 is 34.6 Å². The molecule has 1 aliphatic carbocycles. The van der Waals surface area contributed by atoms with Crippen LogP contribution in [0.5, 0.6) is 0 Å². The van der Waals surface area contributed by atoms with Gasteiger partial charge in [0.1, 0.15) is 17.3 Å². The molecule has 1 aliphatic rings. The smallest absolute Gasteiger partial charge is 0.252 e. The molecular weight excluding hydrogens is 316 g/mol. The summed E-state index contributed by atoms with van der Waals surface area (Å²) in [6.07, 6.45) is 4.99. The van der Waals surface area contributed by atoms with Gasteiger partial charge in [-0.05, 0) is 39.3 Å². The normalized spacial score (nSPS) is 17.3. The first-order valence-electron chi connectivity index (χ1n) is 7.48. The van der Waals surface area contributed by atoms with E-state index >= 15 is 0 Å². The molecule has 0 bridgehead atoms. The van der Waals surface area contributed by atoms with Crippen LogP contribution in [-0.4, -0.2) is 32.7 Å². The fraction of sp³-hybridized carbons (Fsp3) is 0.438. The molecule has 0 saturated heterocycles. The standard InChI is InChI=1S/C16H19ClN4O2/c1-16(2,3)23-9-13(22)20-15-18-11-7-8-12(17)19-14(11)21(15)10-5-4-6-10/h4-5,7-8,10H,6,9H2,1-3H3,(H,18,20,22). The quantitative estimate of drug-likeness (QED) is 0.687. The third-order valence-corrected chi connectivity index (χ3v) is 3.67. The van der Waals surface area contributed by atoms with Gasteiger partial charge in [-0.1, -0.05) is 23.8 Å². The number of allylic oxidation sites excluding steroid dienone is 2. The van der Waals surface area contributed by atoms with Crippen molar-refractivity contribution in [3.05, 3.63) is 29.4 Å². The van der Waals surface area contributed by atoms with Crippen molar-refractivity contribution in [3.8, 4) is 0 Å². The molecule has 0 saturated carbocycles. The topological polar surface area (TPSA) is 69.0 Å². The first-order valence-corrected chi connectivity index (χ1v) is 7.86. The molecule has 1 atom stereocenters. The lowest BCUT2D eigenvalue weighted by molar-refractivity contribution is -0.125. The van der Waals surface area contributed by atoms with E-state index in [0.29, 0.717) is 22.3 Å². The van der Waals surface area contributed by atoms with Crippen LogP contribution in [0.15, 0.2) is 24.3 Å². The SMILES string of the molecule is CC(C)(C)OCC(=O)Nc1nc2ccc(Cl)nc2n1C1C=CC1. The van der Waals surface area contributed by atoms with Crippen molar-refractivity contribution in [2.24, 2.45) is 0 Å². The van der Waals surface area contributed by atoms with E-state index in [1.807, 2.05) is 31.4 Å². The molecule has 3 rings (SSSR count). The minimum Gasteiger partial charge on any atom is -0.366 e. The van der Waals surface area contributed by atoms with Crippen LogP contribution in [0.1, 0.15) is 33.2 Å². The van der Waals surface area contributed by atoms with Gasteiger partial charge < -0.3 is 4.74 Å². The molecule has 1 N–H and O–H groups in total. The van der Waals surface area contributed by atoms with E-state index in [2.05, 4.69) is 21.4 Å². The highest BCUT2D eigenvalue weighted by atomic mass is 35.5. The van der Waals surface area contributed by atoms with Crippen molar-refractivity contribution in [1.29, 1.82) is 0 Å². The van der Waals surface area contributed by atoms with E-state index in [4.69, 9.17) is 16.3 Å². The Labute approximate surface area is 139 Å². The Morgan fingerprint density at radius 1 is 1.43 bits per heavy atom. The molecule has 0 radical (unpaired) electrons. The number of amides is 1. The second-order valence-electron chi connectivity index (χ2n) is 6.46. The number of pyridine rings is 1. The lowest BCUT2D eigenvalue weighted by atomic mass is 10.0. The summed E-state index contributed by atoms with van der Waals surface area (Å²) in [4.78, 5) is 20.9. The van der Waals surface area contributed by atoms with E-state index in [1.165, 1.54) is 0 Å². The Morgan fingerprint density at radius 3 is 2.78 bits per heavy atom. The Balaban J connectivity index is 1.88. The average Bonchev–Trinajstić information content (AvgIpc) is 2.72. The zero-order valence-electron chi connectivity index (χ0n) is 13.3. The molecule has 7 heteroatoms. The molecule has 0 aliphatic heterocycles. The number of carbonyl (C=O) groups excluding carboxylic acids is 1. The van der Waals surface area contributed by atoms with Gasteiger partial charge in [0.05, 0.1) is 11.6 Å². The van der Waals surface area contributed by atoms with Crippen LogP contribution < -0.4 is 5.32 Å². The second-order valence-corrected chi connectivity index (χ2v) is 6.85. The van der Waals surface area contributed by atoms with Crippen LogP contribution in [0.2, 0.25) is 5.15 Å². The zero-order chi connectivity index (χ0) is 16.6. The van der Waals surface area contributed by atoms with Crippen LogP contribution in [0.3, 0.4) is 0 Å². The van der Waals surface area contributed by atoms with Gasteiger partial charge >= 0.3 is 0 Å².